The van der Waals surface area contributed by atoms with Crippen LogP contribution < -0.4 is 4.72 Å². The molecule has 1 aromatic rings. The highest BCUT2D eigenvalue weighted by Crippen LogP contribution is 2.36. The van der Waals surface area contributed by atoms with Crippen molar-refractivity contribution in [3.63, 3.8) is 0 Å². The maximum atomic E-state index is 12.6. The largest absolute Gasteiger partial charge is 0.244 e. The van der Waals surface area contributed by atoms with Gasteiger partial charge in [0.15, 0.2) is 0 Å². The second-order valence-electron chi connectivity index (χ2n) is 4.93. The van der Waals surface area contributed by atoms with Gasteiger partial charge in [-0.2, -0.15) is 0 Å². The number of alkyl halides is 1. The first-order valence-electron chi connectivity index (χ1n) is 6.04. The molecule has 0 amide bonds. The predicted molar refractivity (Wildman–Crippen MR) is 86.4 cm³/mol. The molecule has 112 valence electrons. The molecule has 0 aromatic heterocycles. The van der Waals surface area contributed by atoms with Crippen LogP contribution in [-0.4, -0.2) is 19.8 Å². The molecule has 0 spiro atoms. The fourth-order valence-corrected chi connectivity index (χ4v) is 6.25. The lowest BCUT2D eigenvalue weighted by Crippen LogP contribution is -2.47. The summed E-state index contributed by atoms with van der Waals surface area (Å²) in [4.78, 5) is -0.0968. The van der Waals surface area contributed by atoms with E-state index >= 15 is 0 Å². The third-order valence-electron chi connectivity index (χ3n) is 3.40. The number of benzene rings is 1. The van der Waals surface area contributed by atoms with Crippen molar-refractivity contribution >= 4 is 60.8 Å². The lowest BCUT2D eigenvalue weighted by Gasteiger charge is -2.27. The summed E-state index contributed by atoms with van der Waals surface area (Å²) in [6.07, 6.45) is 3.36. The van der Waals surface area contributed by atoms with Crippen LogP contribution >= 0.6 is 50.7 Å². The number of halogens is 4. The van der Waals surface area contributed by atoms with E-state index in [1.807, 2.05) is 0 Å². The van der Waals surface area contributed by atoms with Crippen LogP contribution in [0.25, 0.3) is 0 Å². The predicted octanol–water partition coefficient (Wildman–Crippen LogP) is 4.59. The molecule has 0 aliphatic heterocycles. The Balaban J connectivity index is 2.41. The molecule has 1 aliphatic rings. The van der Waals surface area contributed by atoms with Gasteiger partial charge in [-0.05, 0) is 25.0 Å². The Morgan fingerprint density at radius 2 is 1.70 bits per heavy atom. The molecule has 3 nitrogen and oxygen atoms in total. The Hall–Kier alpha value is 0.480. The Kier molecular flexibility index (Phi) is 5.31. The average Bonchev–Trinajstić information content (AvgIpc) is 2.75. The number of nitrogens with one attached hydrogen (secondary N) is 1. The molecule has 0 unspecified atom stereocenters. The van der Waals surface area contributed by atoms with Crippen LogP contribution in [0.2, 0.25) is 10.0 Å². The van der Waals surface area contributed by atoms with E-state index in [1.165, 1.54) is 12.1 Å². The van der Waals surface area contributed by atoms with E-state index < -0.39 is 15.6 Å². The average molecular weight is 422 g/mol. The van der Waals surface area contributed by atoms with Gasteiger partial charge in [0, 0.05) is 15.9 Å². The molecular formula is C12H13BrCl3NO2S. The molecule has 0 atom stereocenters. The number of hydrogen-bond acceptors (Lipinski definition) is 2. The number of rotatable bonds is 4. The summed E-state index contributed by atoms with van der Waals surface area (Å²) < 4.78 is 28.4. The summed E-state index contributed by atoms with van der Waals surface area (Å²) in [5, 5.41) is 0.166. The zero-order valence-corrected chi connectivity index (χ0v) is 15.1. The summed E-state index contributed by atoms with van der Waals surface area (Å²) in [6.45, 7) is 0. The van der Waals surface area contributed by atoms with E-state index in [-0.39, 0.29) is 20.8 Å². The Bertz CT molecular complexity index is 592. The van der Waals surface area contributed by atoms with Gasteiger partial charge < -0.3 is 0 Å². The van der Waals surface area contributed by atoms with Gasteiger partial charge in [0.05, 0.1) is 10.0 Å². The van der Waals surface area contributed by atoms with Crippen molar-refractivity contribution < 1.29 is 8.42 Å². The van der Waals surface area contributed by atoms with Gasteiger partial charge in [-0.1, -0.05) is 52.0 Å². The minimum atomic E-state index is -3.81. The van der Waals surface area contributed by atoms with Crippen molar-refractivity contribution in [2.24, 2.45) is 0 Å². The first-order chi connectivity index (χ1) is 9.30. The molecule has 1 N–H and O–H groups in total. The normalized spacial score (nSPS) is 18.4. The molecule has 1 fully saturated rings. The van der Waals surface area contributed by atoms with Gasteiger partial charge in [-0.3, -0.25) is 0 Å². The minimum Gasteiger partial charge on any atom is -0.207 e. The van der Waals surface area contributed by atoms with Crippen molar-refractivity contribution in [2.45, 2.75) is 36.1 Å². The zero-order valence-electron chi connectivity index (χ0n) is 10.4. The highest BCUT2D eigenvalue weighted by atomic mass is 79.9. The van der Waals surface area contributed by atoms with Crippen molar-refractivity contribution in [3.8, 4) is 0 Å². The third-order valence-corrected chi connectivity index (χ3v) is 6.87. The maximum absolute atomic E-state index is 12.6. The lowest BCUT2D eigenvalue weighted by atomic mass is 10.0. The van der Waals surface area contributed by atoms with Crippen LogP contribution in [0.5, 0.6) is 0 Å². The van der Waals surface area contributed by atoms with Gasteiger partial charge in [0.2, 0.25) is 10.0 Å². The van der Waals surface area contributed by atoms with Crippen LogP contribution in [0.15, 0.2) is 21.5 Å². The fraction of sp³-hybridized carbons (Fsp3) is 0.500. The second-order valence-corrected chi connectivity index (χ2v) is 8.54. The smallest absolute Gasteiger partial charge is 0.207 e. The maximum Gasteiger partial charge on any atom is 0.244 e. The second kappa shape index (κ2) is 6.31. The van der Waals surface area contributed by atoms with Crippen LogP contribution in [-0.2, 0) is 10.0 Å². The van der Waals surface area contributed by atoms with Crippen molar-refractivity contribution in [1.82, 2.24) is 4.72 Å². The van der Waals surface area contributed by atoms with Crippen molar-refractivity contribution in [3.05, 3.63) is 26.7 Å². The van der Waals surface area contributed by atoms with E-state index in [0.717, 1.165) is 25.7 Å². The molecule has 1 aromatic carbocycles. The topological polar surface area (TPSA) is 46.2 Å². The van der Waals surface area contributed by atoms with Crippen molar-refractivity contribution in [1.29, 1.82) is 0 Å². The van der Waals surface area contributed by atoms with E-state index in [9.17, 15) is 8.42 Å². The molecule has 8 heteroatoms. The van der Waals surface area contributed by atoms with Gasteiger partial charge >= 0.3 is 0 Å². The quantitative estimate of drug-likeness (QED) is 0.723. The van der Waals surface area contributed by atoms with Gasteiger partial charge in [0.1, 0.15) is 4.90 Å². The highest BCUT2D eigenvalue weighted by molar-refractivity contribution is 9.10. The highest BCUT2D eigenvalue weighted by Gasteiger charge is 2.38. The Morgan fingerprint density at radius 1 is 1.20 bits per heavy atom. The Morgan fingerprint density at radius 3 is 2.15 bits per heavy atom. The van der Waals surface area contributed by atoms with E-state index in [0.29, 0.717) is 4.47 Å². The number of sulfonamides is 1. The van der Waals surface area contributed by atoms with Gasteiger partial charge in [-0.15, -0.1) is 11.6 Å². The van der Waals surface area contributed by atoms with Gasteiger partial charge in [0.25, 0.3) is 0 Å². The molecule has 0 radical (unpaired) electrons. The summed E-state index contributed by atoms with van der Waals surface area (Å²) in [5.74, 6) is 0.234. The van der Waals surface area contributed by atoms with Crippen LogP contribution in [0.1, 0.15) is 25.7 Å². The Labute approximate surface area is 142 Å². The molecule has 0 bridgehead atoms. The standard InChI is InChI=1S/C12H13BrCl3NO2S/c13-8-5-9(15)11(10(16)6-8)20(18,19)17-12(7-14)3-1-2-4-12/h5-6,17H,1-4,7H2. The van der Waals surface area contributed by atoms with E-state index in [2.05, 4.69) is 20.7 Å². The SMILES string of the molecule is O=S(=O)(NC1(CCl)CCCC1)c1c(Cl)cc(Br)cc1Cl. The van der Waals surface area contributed by atoms with E-state index in [4.69, 9.17) is 34.8 Å². The molecule has 1 saturated carbocycles. The minimum absolute atomic E-state index is 0.0830. The third kappa shape index (κ3) is 3.45. The van der Waals surface area contributed by atoms with Crippen molar-refractivity contribution in [2.75, 3.05) is 5.88 Å². The monoisotopic (exact) mass is 419 g/mol. The molecule has 20 heavy (non-hydrogen) atoms. The van der Waals surface area contributed by atoms with Crippen LogP contribution in [0.4, 0.5) is 0 Å². The van der Waals surface area contributed by atoms with E-state index in [1.54, 1.807) is 0 Å². The summed E-state index contributed by atoms with van der Waals surface area (Å²) in [7, 11) is -3.81. The first kappa shape index (κ1) is 16.8. The molecule has 0 heterocycles. The van der Waals surface area contributed by atoms with Gasteiger partial charge in [-0.25, -0.2) is 13.1 Å². The summed E-state index contributed by atoms with van der Waals surface area (Å²) >= 11 is 21.2. The fourth-order valence-electron chi connectivity index (χ4n) is 2.44. The molecule has 0 saturated heterocycles. The number of hydrogen-bond donors (Lipinski definition) is 1. The molecule has 2 rings (SSSR count). The zero-order chi connectivity index (χ0) is 15.0. The summed E-state index contributed by atoms with van der Waals surface area (Å²) in [6, 6.07) is 3.01. The first-order valence-corrected chi connectivity index (χ1v) is 9.61. The van der Waals surface area contributed by atoms with Crippen LogP contribution in [0.3, 0.4) is 0 Å². The lowest BCUT2D eigenvalue weighted by molar-refractivity contribution is 0.433. The molecular weight excluding hydrogens is 408 g/mol. The van der Waals surface area contributed by atoms with Crippen LogP contribution in [0, 0.1) is 0 Å². The molecule has 1 aliphatic carbocycles. The summed E-state index contributed by atoms with van der Waals surface area (Å²) in [5.41, 5.74) is -0.597.